The van der Waals surface area contributed by atoms with Crippen molar-refractivity contribution in [3.05, 3.63) is 148 Å². The van der Waals surface area contributed by atoms with Crippen LogP contribution >= 0.6 is 11.6 Å². The standard InChI is InChI=1S/C44H33ClN6/c1-49-36-8-16-40(17-9-36)51(39-14-6-31(28-48)7-15-39)42-22-35(44-23-32-18-33(24-44)20-34(19-32)25-44)21-41(43(42)45)50(37-10-2-29(26-46)3-11-37)38-12-4-30(27-47)5-13-38/h2-17,21-22,32-34H,18-20,23-25H2. The van der Waals surface area contributed by atoms with Crippen LogP contribution in [0, 0.1) is 58.3 Å². The number of halogens is 1. The first-order valence-electron chi connectivity index (χ1n) is 17.3. The molecular formula is C44H33ClN6. The summed E-state index contributed by atoms with van der Waals surface area (Å²) in [5.74, 6) is 2.17. The summed E-state index contributed by atoms with van der Waals surface area (Å²) < 4.78 is 0. The van der Waals surface area contributed by atoms with Crippen molar-refractivity contribution in [1.82, 2.24) is 0 Å². The SMILES string of the molecule is [C-]#[N+]c1ccc(N(c2ccc(C#N)cc2)c2cc(C34CC5CC(CC(C5)C3)C4)cc(N(c3ccc(C#N)cc3)c3ccc(C#N)cc3)c2Cl)cc1. The van der Waals surface area contributed by atoms with Crippen molar-refractivity contribution in [2.75, 3.05) is 9.80 Å². The van der Waals surface area contributed by atoms with Crippen LogP contribution in [0.15, 0.2) is 109 Å². The Hall–Kier alpha value is -6.05. The van der Waals surface area contributed by atoms with E-state index in [-0.39, 0.29) is 5.41 Å². The first-order valence-corrected chi connectivity index (χ1v) is 17.7. The summed E-state index contributed by atoms with van der Waals surface area (Å²) in [6.07, 6.45) is 7.43. The van der Waals surface area contributed by atoms with Gasteiger partial charge in [-0.05, 0) is 164 Å². The van der Waals surface area contributed by atoms with Gasteiger partial charge in [0.25, 0.3) is 0 Å². The highest BCUT2D eigenvalue weighted by atomic mass is 35.5. The molecule has 4 fully saturated rings. The summed E-state index contributed by atoms with van der Waals surface area (Å²) in [4.78, 5) is 7.88. The minimum Gasteiger partial charge on any atom is -0.309 e. The Bertz CT molecular complexity index is 1990. The van der Waals surface area contributed by atoms with Crippen LogP contribution in [0.25, 0.3) is 4.85 Å². The molecule has 0 amide bonds. The van der Waals surface area contributed by atoms with Crippen LogP contribution < -0.4 is 9.80 Å². The number of hydrogen-bond acceptors (Lipinski definition) is 5. The Morgan fingerprint density at radius 2 is 0.902 bits per heavy atom. The molecule has 246 valence electrons. The summed E-state index contributed by atoms with van der Waals surface area (Å²) in [6.45, 7) is 7.56. The second kappa shape index (κ2) is 13.0. The Morgan fingerprint density at radius 1 is 0.569 bits per heavy atom. The van der Waals surface area contributed by atoms with Gasteiger partial charge in [0, 0.05) is 22.7 Å². The van der Waals surface area contributed by atoms with E-state index < -0.39 is 0 Å². The van der Waals surface area contributed by atoms with E-state index in [2.05, 4.69) is 45.0 Å². The molecule has 0 atom stereocenters. The third-order valence-corrected chi connectivity index (χ3v) is 11.6. The van der Waals surface area contributed by atoms with E-state index in [4.69, 9.17) is 18.2 Å². The maximum absolute atomic E-state index is 9.62. The fourth-order valence-electron chi connectivity index (χ4n) is 9.28. The molecule has 5 aromatic carbocycles. The minimum absolute atomic E-state index is 0.0220. The predicted molar refractivity (Wildman–Crippen MR) is 201 cm³/mol. The molecule has 4 aliphatic carbocycles. The van der Waals surface area contributed by atoms with Gasteiger partial charge >= 0.3 is 0 Å². The number of benzene rings is 5. The van der Waals surface area contributed by atoms with E-state index in [9.17, 15) is 15.8 Å². The van der Waals surface area contributed by atoms with Crippen LogP contribution in [0.2, 0.25) is 5.02 Å². The number of nitrogens with zero attached hydrogens (tertiary/aromatic N) is 6. The Kier molecular flexibility index (Phi) is 8.21. The molecule has 0 aliphatic heterocycles. The lowest BCUT2D eigenvalue weighted by molar-refractivity contribution is -0.00515. The smallest absolute Gasteiger partial charge is 0.187 e. The van der Waals surface area contributed by atoms with Crippen molar-refractivity contribution in [3.8, 4) is 18.2 Å². The van der Waals surface area contributed by atoms with Gasteiger partial charge in [0.2, 0.25) is 0 Å². The van der Waals surface area contributed by atoms with Crippen molar-refractivity contribution in [3.63, 3.8) is 0 Å². The zero-order chi connectivity index (χ0) is 35.1. The van der Waals surface area contributed by atoms with Gasteiger partial charge in [0.15, 0.2) is 5.69 Å². The maximum atomic E-state index is 9.62. The summed E-state index contributed by atoms with van der Waals surface area (Å²) in [6, 6.07) is 41.3. The zero-order valence-corrected chi connectivity index (χ0v) is 28.7. The quantitative estimate of drug-likeness (QED) is 0.160. The molecule has 9 rings (SSSR count). The Balaban J connectivity index is 1.40. The van der Waals surface area contributed by atoms with Crippen LogP contribution in [0.1, 0.15) is 60.8 Å². The molecule has 0 heterocycles. The minimum atomic E-state index is 0.0220. The molecule has 4 saturated carbocycles. The number of hydrogen-bond donors (Lipinski definition) is 0. The van der Waals surface area contributed by atoms with Gasteiger partial charge in [0.05, 0.1) is 57.9 Å². The highest BCUT2D eigenvalue weighted by molar-refractivity contribution is 6.36. The summed E-state index contributed by atoms with van der Waals surface area (Å²) in [5, 5.41) is 29.4. The van der Waals surface area contributed by atoms with Crippen molar-refractivity contribution in [2.24, 2.45) is 17.8 Å². The van der Waals surface area contributed by atoms with Crippen molar-refractivity contribution in [2.45, 2.75) is 43.9 Å². The molecule has 0 unspecified atom stereocenters. The first kappa shape index (κ1) is 32.2. The molecule has 5 aromatic rings. The van der Waals surface area contributed by atoms with E-state index in [1.165, 1.54) is 24.8 Å². The van der Waals surface area contributed by atoms with Gasteiger partial charge in [-0.15, -0.1) is 0 Å². The lowest BCUT2D eigenvalue weighted by Crippen LogP contribution is -2.48. The maximum Gasteiger partial charge on any atom is 0.187 e. The van der Waals surface area contributed by atoms with Crippen LogP contribution in [-0.4, -0.2) is 0 Å². The topological polar surface area (TPSA) is 82.2 Å². The third-order valence-electron chi connectivity index (χ3n) is 11.2. The fraction of sp³-hybridized carbons (Fsp3) is 0.227. The Labute approximate surface area is 303 Å². The molecule has 0 radical (unpaired) electrons. The van der Waals surface area contributed by atoms with Crippen molar-refractivity contribution < 1.29 is 0 Å². The molecule has 0 spiro atoms. The summed E-state index contributed by atoms with van der Waals surface area (Å²) >= 11 is 7.72. The van der Waals surface area contributed by atoms with Crippen LogP contribution in [0.4, 0.5) is 39.8 Å². The first-order chi connectivity index (χ1) is 24.9. The summed E-state index contributed by atoms with van der Waals surface area (Å²) in [5.41, 5.74) is 8.44. The van der Waals surface area contributed by atoms with Gasteiger partial charge < -0.3 is 9.80 Å². The third kappa shape index (κ3) is 5.85. The molecule has 4 aliphatic rings. The van der Waals surface area contributed by atoms with Crippen molar-refractivity contribution >= 4 is 51.4 Å². The molecule has 0 N–H and O–H groups in total. The molecular weight excluding hydrogens is 648 g/mol. The predicted octanol–water partition coefficient (Wildman–Crippen LogP) is 11.9. The van der Waals surface area contributed by atoms with Gasteiger partial charge in [-0.25, -0.2) is 4.85 Å². The summed E-state index contributed by atoms with van der Waals surface area (Å²) in [7, 11) is 0. The Morgan fingerprint density at radius 3 is 1.22 bits per heavy atom. The van der Waals surface area contributed by atoms with Crippen LogP contribution in [0.3, 0.4) is 0 Å². The van der Waals surface area contributed by atoms with Gasteiger partial charge in [0.1, 0.15) is 0 Å². The van der Waals surface area contributed by atoms with Gasteiger partial charge in [-0.3, -0.25) is 0 Å². The average Bonchev–Trinajstić information content (AvgIpc) is 3.16. The highest BCUT2D eigenvalue weighted by Gasteiger charge is 2.52. The van der Waals surface area contributed by atoms with E-state index >= 15 is 0 Å². The second-order valence-corrected chi connectivity index (χ2v) is 14.7. The molecule has 7 heteroatoms. The number of anilines is 6. The number of rotatable bonds is 7. The molecule has 4 bridgehead atoms. The number of nitriles is 3. The van der Waals surface area contributed by atoms with Gasteiger partial charge in [-0.2, -0.15) is 15.8 Å². The van der Waals surface area contributed by atoms with E-state index in [1.54, 1.807) is 0 Å². The largest absolute Gasteiger partial charge is 0.309 e. The molecule has 6 nitrogen and oxygen atoms in total. The highest BCUT2D eigenvalue weighted by Crippen LogP contribution is 2.62. The monoisotopic (exact) mass is 680 g/mol. The van der Waals surface area contributed by atoms with Crippen LogP contribution in [-0.2, 0) is 5.41 Å². The van der Waals surface area contributed by atoms with Gasteiger partial charge in [-0.1, -0.05) is 23.7 Å². The second-order valence-electron chi connectivity index (χ2n) is 14.3. The molecule has 0 saturated heterocycles. The molecule has 0 aromatic heterocycles. The molecule has 51 heavy (non-hydrogen) atoms. The van der Waals surface area contributed by atoms with E-state index in [0.29, 0.717) is 27.4 Å². The van der Waals surface area contributed by atoms with E-state index in [1.807, 2.05) is 97.1 Å². The van der Waals surface area contributed by atoms with Crippen LogP contribution in [0.5, 0.6) is 0 Å². The lowest BCUT2D eigenvalue weighted by atomic mass is 9.48. The zero-order valence-electron chi connectivity index (χ0n) is 27.9. The van der Waals surface area contributed by atoms with E-state index in [0.717, 1.165) is 71.1 Å². The normalized spacial score (nSPS) is 21.2. The fourth-order valence-corrected chi connectivity index (χ4v) is 9.55. The lowest BCUT2D eigenvalue weighted by Gasteiger charge is -2.57. The average molecular weight is 681 g/mol. The van der Waals surface area contributed by atoms with Crippen molar-refractivity contribution in [1.29, 1.82) is 15.8 Å².